The van der Waals surface area contributed by atoms with Gasteiger partial charge in [-0.2, -0.15) is 0 Å². The predicted molar refractivity (Wildman–Crippen MR) is 121 cm³/mol. The fourth-order valence-electron chi connectivity index (χ4n) is 2.92. The quantitative estimate of drug-likeness (QED) is 0.239. The first kappa shape index (κ1) is 21.3. The molecule has 6 heteroatoms. The number of ether oxygens (including phenoxy) is 1. The molecule has 2 aromatic rings. The van der Waals surface area contributed by atoms with E-state index in [0.717, 1.165) is 30.4 Å². The maximum absolute atomic E-state index is 12.6. The Morgan fingerprint density at radius 2 is 1.69 bits per heavy atom. The molecule has 1 aliphatic rings. The molecule has 3 rings (SSSR count). The third-order valence-electron chi connectivity index (χ3n) is 4.48. The summed E-state index contributed by atoms with van der Waals surface area (Å²) in [6.45, 7) is 0.889. The Morgan fingerprint density at radius 3 is 2.41 bits per heavy atom. The summed E-state index contributed by atoms with van der Waals surface area (Å²) in [6, 6.07) is 19.4. The van der Waals surface area contributed by atoms with Crippen molar-refractivity contribution in [3.63, 3.8) is 0 Å². The summed E-state index contributed by atoms with van der Waals surface area (Å²) in [5.41, 5.74) is 1.97. The Bertz CT molecular complexity index is 882. The van der Waals surface area contributed by atoms with Gasteiger partial charge in [0.1, 0.15) is 10.9 Å². The molecule has 0 spiro atoms. The Balaban J connectivity index is 1.36. The van der Waals surface area contributed by atoms with Gasteiger partial charge in [-0.25, -0.2) is 0 Å². The number of hydrogen-bond acceptors (Lipinski definition) is 5. The van der Waals surface area contributed by atoms with E-state index in [-0.39, 0.29) is 11.9 Å². The molecule has 29 heavy (non-hydrogen) atoms. The average Bonchev–Trinajstić information content (AvgIpc) is 3.00. The van der Waals surface area contributed by atoms with Gasteiger partial charge in [-0.3, -0.25) is 14.5 Å². The van der Waals surface area contributed by atoms with E-state index in [9.17, 15) is 9.59 Å². The summed E-state index contributed by atoms with van der Waals surface area (Å²) in [7, 11) is 0. The molecule has 1 aliphatic heterocycles. The van der Waals surface area contributed by atoms with Gasteiger partial charge >= 0.3 is 5.97 Å². The largest absolute Gasteiger partial charge is 0.461 e. The summed E-state index contributed by atoms with van der Waals surface area (Å²) in [6.07, 6.45) is 4.65. The molecule has 4 nitrogen and oxygen atoms in total. The van der Waals surface area contributed by atoms with Crippen molar-refractivity contribution in [2.45, 2.75) is 32.3 Å². The van der Waals surface area contributed by atoms with Crippen molar-refractivity contribution in [3.8, 4) is 0 Å². The first-order chi connectivity index (χ1) is 14.1. The summed E-state index contributed by atoms with van der Waals surface area (Å²) in [4.78, 5) is 26.7. The zero-order valence-corrected chi connectivity index (χ0v) is 17.7. The number of hydrogen-bond donors (Lipinski definition) is 0. The van der Waals surface area contributed by atoms with Gasteiger partial charge in [-0.15, -0.1) is 0 Å². The van der Waals surface area contributed by atoms with E-state index in [1.165, 1.54) is 11.8 Å². The Morgan fingerprint density at radius 1 is 1.00 bits per heavy atom. The molecule has 1 amide bonds. The second kappa shape index (κ2) is 10.9. The van der Waals surface area contributed by atoms with Crippen LogP contribution in [0.15, 0.2) is 65.6 Å². The number of amides is 1. The molecule has 1 saturated heterocycles. The van der Waals surface area contributed by atoms with Crippen molar-refractivity contribution in [2.24, 2.45) is 0 Å². The van der Waals surface area contributed by atoms with Crippen LogP contribution in [-0.2, 0) is 20.9 Å². The Kier molecular flexibility index (Phi) is 8.02. The van der Waals surface area contributed by atoms with E-state index >= 15 is 0 Å². The van der Waals surface area contributed by atoms with Crippen molar-refractivity contribution in [1.29, 1.82) is 0 Å². The van der Waals surface area contributed by atoms with Gasteiger partial charge in [-0.1, -0.05) is 91.1 Å². The fourth-order valence-corrected chi connectivity index (χ4v) is 4.23. The molecule has 2 aromatic carbocycles. The lowest BCUT2D eigenvalue weighted by molar-refractivity contribution is -0.145. The van der Waals surface area contributed by atoms with Crippen LogP contribution >= 0.6 is 24.0 Å². The fraction of sp³-hybridized carbons (Fsp3) is 0.261. The van der Waals surface area contributed by atoms with Crippen molar-refractivity contribution >= 4 is 46.3 Å². The molecule has 0 unspecified atom stereocenters. The minimum absolute atomic E-state index is 0.0360. The molecular formula is C23H23NO3S2. The van der Waals surface area contributed by atoms with Crippen molar-refractivity contribution < 1.29 is 14.3 Å². The molecule has 0 saturated carbocycles. The van der Waals surface area contributed by atoms with E-state index in [1.807, 2.05) is 66.7 Å². The second-order valence-corrected chi connectivity index (χ2v) is 8.38. The van der Waals surface area contributed by atoms with Gasteiger partial charge in [0.05, 0.1) is 4.91 Å². The molecule has 1 heterocycles. The molecule has 0 aromatic heterocycles. The number of carbonyl (C=O) groups is 2. The van der Waals surface area contributed by atoms with E-state index in [0.29, 0.717) is 28.8 Å². The Labute approximate surface area is 180 Å². The van der Waals surface area contributed by atoms with Crippen LogP contribution < -0.4 is 0 Å². The van der Waals surface area contributed by atoms with Gasteiger partial charge in [0.15, 0.2) is 0 Å². The van der Waals surface area contributed by atoms with Crippen molar-refractivity contribution in [1.82, 2.24) is 4.90 Å². The van der Waals surface area contributed by atoms with Crippen molar-refractivity contribution in [2.75, 3.05) is 6.54 Å². The molecule has 150 valence electrons. The van der Waals surface area contributed by atoms with Crippen LogP contribution in [0.2, 0.25) is 0 Å². The van der Waals surface area contributed by atoms with Crippen LogP contribution in [0.5, 0.6) is 0 Å². The maximum atomic E-state index is 12.6. The van der Waals surface area contributed by atoms with E-state index in [2.05, 4.69) is 0 Å². The van der Waals surface area contributed by atoms with Gasteiger partial charge < -0.3 is 4.74 Å². The van der Waals surface area contributed by atoms with Gasteiger partial charge in [0.2, 0.25) is 0 Å². The lowest BCUT2D eigenvalue weighted by Crippen LogP contribution is -2.29. The van der Waals surface area contributed by atoms with Crippen LogP contribution in [-0.4, -0.2) is 27.6 Å². The Hall–Kier alpha value is -2.44. The highest BCUT2D eigenvalue weighted by Gasteiger charge is 2.31. The van der Waals surface area contributed by atoms with E-state index in [4.69, 9.17) is 17.0 Å². The third-order valence-corrected chi connectivity index (χ3v) is 5.85. The number of thioether (sulfide) groups is 1. The first-order valence-corrected chi connectivity index (χ1v) is 10.9. The summed E-state index contributed by atoms with van der Waals surface area (Å²) in [5.74, 6) is -0.226. The standard InChI is InChI=1S/C23H23NO3S2/c25-21(27-17-19-12-6-2-7-13-19)14-8-3-9-15-24-22(26)20(29-23(24)28)16-18-10-4-1-5-11-18/h1-2,4-7,10-13,16H,3,8-9,14-15,17H2/b20-16-. The molecular weight excluding hydrogens is 402 g/mol. The lowest BCUT2D eigenvalue weighted by atomic mass is 10.2. The van der Waals surface area contributed by atoms with Crippen LogP contribution in [0.1, 0.15) is 36.8 Å². The van der Waals surface area contributed by atoms with E-state index < -0.39 is 0 Å². The number of benzene rings is 2. The van der Waals surface area contributed by atoms with Gasteiger partial charge in [0.25, 0.3) is 5.91 Å². The number of rotatable bonds is 9. The van der Waals surface area contributed by atoms with Crippen LogP contribution in [0, 0.1) is 0 Å². The molecule has 0 aliphatic carbocycles. The number of thiocarbonyl (C=S) groups is 1. The first-order valence-electron chi connectivity index (χ1n) is 9.63. The zero-order chi connectivity index (χ0) is 20.5. The number of esters is 1. The van der Waals surface area contributed by atoms with Crippen LogP contribution in [0.3, 0.4) is 0 Å². The maximum Gasteiger partial charge on any atom is 0.306 e. The highest BCUT2D eigenvalue weighted by atomic mass is 32.2. The van der Waals surface area contributed by atoms with Crippen LogP contribution in [0.4, 0.5) is 0 Å². The number of nitrogens with zero attached hydrogens (tertiary/aromatic N) is 1. The average molecular weight is 426 g/mol. The molecule has 0 bridgehead atoms. The number of carbonyl (C=O) groups excluding carboxylic acids is 2. The number of unbranched alkanes of at least 4 members (excludes halogenated alkanes) is 2. The molecule has 0 radical (unpaired) electrons. The lowest BCUT2D eigenvalue weighted by Gasteiger charge is -2.14. The second-order valence-electron chi connectivity index (χ2n) is 6.70. The minimum atomic E-state index is -0.190. The summed E-state index contributed by atoms with van der Waals surface area (Å²) < 4.78 is 5.87. The SMILES string of the molecule is O=C(CCCCCN1C(=O)/C(=C/c2ccccc2)SC1=S)OCc1ccccc1. The highest BCUT2D eigenvalue weighted by molar-refractivity contribution is 8.26. The molecule has 1 fully saturated rings. The van der Waals surface area contributed by atoms with Crippen LogP contribution in [0.25, 0.3) is 6.08 Å². The van der Waals surface area contributed by atoms with Gasteiger partial charge in [0, 0.05) is 13.0 Å². The third kappa shape index (κ3) is 6.54. The van der Waals surface area contributed by atoms with Gasteiger partial charge in [-0.05, 0) is 30.0 Å². The minimum Gasteiger partial charge on any atom is -0.461 e. The molecule has 0 N–H and O–H groups in total. The van der Waals surface area contributed by atoms with E-state index in [1.54, 1.807) is 4.90 Å². The summed E-state index contributed by atoms with van der Waals surface area (Å²) >= 11 is 6.71. The normalized spacial score (nSPS) is 15.2. The predicted octanol–water partition coefficient (Wildman–Crippen LogP) is 5.19. The highest BCUT2D eigenvalue weighted by Crippen LogP contribution is 2.32. The topological polar surface area (TPSA) is 46.6 Å². The zero-order valence-electron chi connectivity index (χ0n) is 16.1. The summed E-state index contributed by atoms with van der Waals surface area (Å²) in [5, 5.41) is 0. The van der Waals surface area contributed by atoms with Crippen molar-refractivity contribution in [3.05, 3.63) is 76.7 Å². The smallest absolute Gasteiger partial charge is 0.306 e. The monoisotopic (exact) mass is 425 g/mol. The molecule has 0 atom stereocenters.